The minimum Gasteiger partial charge on any atom is -0.338 e. The Bertz CT molecular complexity index is 337. The molecule has 16 heavy (non-hydrogen) atoms. The normalized spacial score (nSPS) is 21.1. The van der Waals surface area contributed by atoms with Crippen molar-refractivity contribution in [3.05, 3.63) is 22.4 Å². The number of rotatable bonds is 3. The molecule has 2 rings (SSSR count). The van der Waals surface area contributed by atoms with Gasteiger partial charge in [-0.2, -0.15) is 11.3 Å². The zero-order chi connectivity index (χ0) is 11.4. The Morgan fingerprint density at radius 2 is 2.50 bits per heavy atom. The van der Waals surface area contributed by atoms with Crippen LogP contribution in [0.2, 0.25) is 0 Å². The van der Waals surface area contributed by atoms with Gasteiger partial charge in [-0.05, 0) is 36.6 Å². The highest BCUT2D eigenvalue weighted by Crippen LogP contribution is 2.22. The maximum absolute atomic E-state index is 12.1. The molecule has 1 saturated heterocycles. The third-order valence-electron chi connectivity index (χ3n) is 3.09. The summed E-state index contributed by atoms with van der Waals surface area (Å²) >= 11 is 5.07. The third-order valence-corrected chi connectivity index (χ3v) is 4.23. The first kappa shape index (κ1) is 12.1. The molecule has 1 aromatic heterocycles. The Kier molecular flexibility index (Phi) is 4.41. The first-order valence-corrected chi connectivity index (χ1v) is 7.75. The van der Waals surface area contributed by atoms with Crippen LogP contribution in [-0.4, -0.2) is 29.2 Å². The molecular weight excluding hydrogens is 286 g/mol. The molecule has 1 aliphatic rings. The van der Waals surface area contributed by atoms with Crippen LogP contribution in [0.25, 0.3) is 0 Å². The van der Waals surface area contributed by atoms with Crippen LogP contribution in [0.5, 0.6) is 0 Å². The van der Waals surface area contributed by atoms with E-state index in [0.717, 1.165) is 30.4 Å². The summed E-state index contributed by atoms with van der Waals surface area (Å²) in [5.74, 6) is 0.885. The van der Waals surface area contributed by atoms with Crippen LogP contribution < -0.4 is 0 Å². The van der Waals surface area contributed by atoms with Crippen molar-refractivity contribution >= 4 is 33.2 Å². The summed E-state index contributed by atoms with van der Waals surface area (Å²) in [6.45, 7) is 1.85. The molecule has 2 nitrogen and oxygen atoms in total. The van der Waals surface area contributed by atoms with Gasteiger partial charge in [-0.1, -0.05) is 15.9 Å². The van der Waals surface area contributed by atoms with Crippen LogP contribution >= 0.6 is 27.3 Å². The van der Waals surface area contributed by atoms with Crippen molar-refractivity contribution < 1.29 is 4.79 Å². The fourth-order valence-electron chi connectivity index (χ4n) is 2.21. The topological polar surface area (TPSA) is 20.3 Å². The molecule has 0 aliphatic carbocycles. The van der Waals surface area contributed by atoms with Crippen LogP contribution in [-0.2, 0) is 0 Å². The molecule has 1 unspecified atom stereocenters. The Morgan fingerprint density at radius 3 is 3.19 bits per heavy atom. The predicted octanol–water partition coefficient (Wildman–Crippen LogP) is 3.39. The van der Waals surface area contributed by atoms with E-state index in [0.29, 0.717) is 5.92 Å². The van der Waals surface area contributed by atoms with Crippen molar-refractivity contribution in [3.63, 3.8) is 0 Å². The molecular formula is C12H16BrNOS. The number of thiophene rings is 1. The second kappa shape index (κ2) is 5.82. The molecule has 88 valence electrons. The van der Waals surface area contributed by atoms with Gasteiger partial charge in [0.25, 0.3) is 5.91 Å². The fourth-order valence-corrected chi connectivity index (χ4v) is 3.49. The number of hydrogen-bond donors (Lipinski definition) is 0. The summed E-state index contributed by atoms with van der Waals surface area (Å²) in [4.78, 5) is 14.1. The average molecular weight is 302 g/mol. The minimum atomic E-state index is 0.209. The van der Waals surface area contributed by atoms with Crippen molar-refractivity contribution in [1.29, 1.82) is 0 Å². The van der Waals surface area contributed by atoms with Crippen molar-refractivity contribution in [2.24, 2.45) is 5.92 Å². The molecule has 0 spiro atoms. The highest BCUT2D eigenvalue weighted by atomic mass is 79.9. The number of likely N-dealkylation sites (tertiary alicyclic amines) is 1. The highest BCUT2D eigenvalue weighted by Gasteiger charge is 2.23. The van der Waals surface area contributed by atoms with Gasteiger partial charge in [0, 0.05) is 23.8 Å². The quantitative estimate of drug-likeness (QED) is 0.784. The monoisotopic (exact) mass is 301 g/mol. The molecule has 1 fully saturated rings. The zero-order valence-corrected chi connectivity index (χ0v) is 11.6. The van der Waals surface area contributed by atoms with E-state index in [2.05, 4.69) is 15.9 Å². The van der Waals surface area contributed by atoms with Gasteiger partial charge in [-0.15, -0.1) is 0 Å². The van der Waals surface area contributed by atoms with Gasteiger partial charge >= 0.3 is 0 Å². The Morgan fingerprint density at radius 1 is 1.62 bits per heavy atom. The van der Waals surface area contributed by atoms with Crippen LogP contribution in [0.4, 0.5) is 0 Å². The number of piperidine rings is 1. The van der Waals surface area contributed by atoms with Gasteiger partial charge in [0.05, 0.1) is 5.56 Å². The Balaban J connectivity index is 1.96. The second-order valence-electron chi connectivity index (χ2n) is 4.25. The summed E-state index contributed by atoms with van der Waals surface area (Å²) < 4.78 is 0. The van der Waals surface area contributed by atoms with Gasteiger partial charge in [-0.25, -0.2) is 0 Å². The van der Waals surface area contributed by atoms with E-state index in [9.17, 15) is 4.79 Å². The molecule has 1 amide bonds. The number of alkyl halides is 1. The first-order chi connectivity index (χ1) is 7.81. The average Bonchev–Trinajstić information content (AvgIpc) is 2.82. The van der Waals surface area contributed by atoms with Crippen LogP contribution in [0.15, 0.2) is 16.8 Å². The van der Waals surface area contributed by atoms with Crippen molar-refractivity contribution in [2.45, 2.75) is 19.3 Å². The summed E-state index contributed by atoms with van der Waals surface area (Å²) in [6, 6.07) is 1.92. The van der Waals surface area contributed by atoms with Gasteiger partial charge in [0.1, 0.15) is 0 Å². The fraction of sp³-hybridized carbons (Fsp3) is 0.583. The number of halogens is 1. The predicted molar refractivity (Wildman–Crippen MR) is 71.4 cm³/mol. The van der Waals surface area contributed by atoms with Gasteiger partial charge < -0.3 is 4.90 Å². The number of carbonyl (C=O) groups is 1. The smallest absolute Gasteiger partial charge is 0.254 e. The number of amides is 1. The molecule has 0 N–H and O–H groups in total. The molecule has 1 atom stereocenters. The van der Waals surface area contributed by atoms with E-state index in [1.165, 1.54) is 12.8 Å². The number of carbonyl (C=O) groups excluding carboxylic acids is 1. The number of hydrogen-bond acceptors (Lipinski definition) is 2. The van der Waals surface area contributed by atoms with Gasteiger partial charge in [0.15, 0.2) is 0 Å². The van der Waals surface area contributed by atoms with Gasteiger partial charge in [0.2, 0.25) is 0 Å². The maximum Gasteiger partial charge on any atom is 0.254 e. The van der Waals surface area contributed by atoms with Crippen molar-refractivity contribution in [2.75, 3.05) is 18.4 Å². The summed E-state index contributed by atoms with van der Waals surface area (Å²) in [7, 11) is 0. The molecule has 2 heterocycles. The maximum atomic E-state index is 12.1. The van der Waals surface area contributed by atoms with E-state index in [4.69, 9.17) is 0 Å². The molecule has 0 bridgehead atoms. The van der Waals surface area contributed by atoms with Crippen LogP contribution in [0.1, 0.15) is 29.6 Å². The summed E-state index contributed by atoms with van der Waals surface area (Å²) in [5.41, 5.74) is 0.851. The van der Waals surface area contributed by atoms with Crippen molar-refractivity contribution in [1.82, 2.24) is 4.90 Å². The SMILES string of the molecule is O=C(c1ccsc1)N1CCCC(CCBr)C1. The van der Waals surface area contributed by atoms with Crippen molar-refractivity contribution in [3.8, 4) is 0 Å². The summed E-state index contributed by atoms with van der Waals surface area (Å²) in [6.07, 6.45) is 3.58. The van der Waals surface area contributed by atoms with Crippen LogP contribution in [0, 0.1) is 5.92 Å². The van der Waals surface area contributed by atoms with E-state index in [1.807, 2.05) is 21.7 Å². The molecule has 0 aromatic carbocycles. The lowest BCUT2D eigenvalue weighted by Gasteiger charge is -2.32. The number of nitrogens with zero attached hydrogens (tertiary/aromatic N) is 1. The minimum absolute atomic E-state index is 0.209. The highest BCUT2D eigenvalue weighted by molar-refractivity contribution is 9.09. The lowest BCUT2D eigenvalue weighted by Crippen LogP contribution is -2.39. The molecule has 0 radical (unpaired) electrons. The van der Waals surface area contributed by atoms with Crippen LogP contribution in [0.3, 0.4) is 0 Å². The van der Waals surface area contributed by atoms with E-state index >= 15 is 0 Å². The Labute approximate surface area is 109 Å². The molecule has 1 aliphatic heterocycles. The largest absolute Gasteiger partial charge is 0.338 e. The van der Waals surface area contributed by atoms with Gasteiger partial charge in [-0.3, -0.25) is 4.79 Å². The van der Waals surface area contributed by atoms with E-state index in [1.54, 1.807) is 11.3 Å². The lowest BCUT2D eigenvalue weighted by molar-refractivity contribution is 0.0672. The Hall–Kier alpha value is -0.350. The second-order valence-corrected chi connectivity index (χ2v) is 5.82. The zero-order valence-electron chi connectivity index (χ0n) is 9.19. The molecule has 0 saturated carbocycles. The summed E-state index contributed by atoms with van der Waals surface area (Å²) in [5, 5.41) is 4.95. The van der Waals surface area contributed by atoms with E-state index < -0.39 is 0 Å². The van der Waals surface area contributed by atoms with E-state index in [-0.39, 0.29) is 5.91 Å². The molecule has 1 aromatic rings. The first-order valence-electron chi connectivity index (χ1n) is 5.68. The standard InChI is InChI=1S/C12H16BrNOS/c13-5-3-10-2-1-6-14(8-10)12(15)11-4-7-16-9-11/h4,7,9-10H,1-3,5-6,8H2. The molecule has 4 heteroatoms. The lowest BCUT2D eigenvalue weighted by atomic mass is 9.95. The third kappa shape index (κ3) is 2.86.